The molecule has 0 aliphatic heterocycles. The molecule has 134 valence electrons. The van der Waals surface area contributed by atoms with Crippen LogP contribution in [-0.4, -0.2) is 32.9 Å². The van der Waals surface area contributed by atoms with Crippen molar-refractivity contribution in [3.63, 3.8) is 0 Å². The fourth-order valence-electron chi connectivity index (χ4n) is 3.03. The number of rotatable bonds is 6. The summed E-state index contributed by atoms with van der Waals surface area (Å²) in [5, 5.41) is 0. The second kappa shape index (κ2) is 7.47. The molecular formula is C20H21N3O3. The highest BCUT2D eigenvalue weighted by atomic mass is 16.5. The third-order valence-corrected chi connectivity index (χ3v) is 4.36. The number of Topliss-reactive ketones (excluding diaryl/α,β-unsaturated/α-hetero) is 1. The van der Waals surface area contributed by atoms with E-state index >= 15 is 0 Å². The Morgan fingerprint density at radius 2 is 1.81 bits per heavy atom. The lowest BCUT2D eigenvalue weighted by atomic mass is 10.1. The topological polar surface area (TPSA) is 74.1 Å². The first-order valence-electron chi connectivity index (χ1n) is 8.59. The molecule has 0 aliphatic rings. The molecule has 0 spiro atoms. The number of aromatic nitrogens is 3. The summed E-state index contributed by atoms with van der Waals surface area (Å²) in [7, 11) is 0. The molecule has 0 saturated carbocycles. The van der Waals surface area contributed by atoms with Crippen LogP contribution in [0, 0.1) is 13.8 Å². The van der Waals surface area contributed by atoms with Gasteiger partial charge in [-0.2, -0.15) is 0 Å². The van der Waals surface area contributed by atoms with Crippen LogP contribution in [0.25, 0.3) is 11.0 Å². The molecule has 0 unspecified atom stereocenters. The van der Waals surface area contributed by atoms with Gasteiger partial charge in [-0.3, -0.25) is 14.8 Å². The van der Waals surface area contributed by atoms with Gasteiger partial charge in [0.05, 0.1) is 16.6 Å². The smallest absolute Gasteiger partial charge is 0.338 e. The lowest BCUT2D eigenvalue weighted by molar-refractivity contribution is 0.0474. The number of aryl methyl sites for hydroxylation is 1. The summed E-state index contributed by atoms with van der Waals surface area (Å²) in [6.07, 6.45) is 4.14. The normalized spacial score (nSPS) is 10.9. The van der Waals surface area contributed by atoms with Crippen LogP contribution in [0.2, 0.25) is 0 Å². The predicted octanol–water partition coefficient (Wildman–Crippen LogP) is 3.50. The van der Waals surface area contributed by atoms with E-state index in [1.54, 1.807) is 30.6 Å². The van der Waals surface area contributed by atoms with Crippen molar-refractivity contribution in [2.75, 3.05) is 6.61 Å². The Kier molecular flexibility index (Phi) is 5.11. The van der Waals surface area contributed by atoms with Gasteiger partial charge < -0.3 is 9.30 Å². The number of benzene rings is 1. The van der Waals surface area contributed by atoms with Gasteiger partial charge in [-0.05, 0) is 44.5 Å². The highest BCUT2D eigenvalue weighted by Gasteiger charge is 2.18. The van der Waals surface area contributed by atoms with E-state index in [1.165, 1.54) is 0 Å². The van der Waals surface area contributed by atoms with E-state index in [9.17, 15) is 9.59 Å². The molecule has 26 heavy (non-hydrogen) atoms. The number of ketones is 1. The Morgan fingerprint density at radius 1 is 1.08 bits per heavy atom. The van der Waals surface area contributed by atoms with E-state index in [0.29, 0.717) is 22.2 Å². The number of ether oxygens (including phenoxy) is 1. The zero-order valence-electron chi connectivity index (χ0n) is 15.2. The monoisotopic (exact) mass is 351 g/mol. The van der Waals surface area contributed by atoms with E-state index in [-0.39, 0.29) is 12.4 Å². The quantitative estimate of drug-likeness (QED) is 0.502. The Labute approximate surface area is 151 Å². The van der Waals surface area contributed by atoms with Crippen molar-refractivity contribution in [1.82, 2.24) is 14.5 Å². The number of fused-ring (bicyclic) bond motifs is 1. The van der Waals surface area contributed by atoms with Crippen molar-refractivity contribution in [3.05, 3.63) is 59.2 Å². The predicted molar refractivity (Wildman–Crippen MR) is 98.3 cm³/mol. The largest absolute Gasteiger partial charge is 0.454 e. The molecule has 6 nitrogen and oxygen atoms in total. The molecule has 0 radical (unpaired) electrons. The van der Waals surface area contributed by atoms with Crippen LogP contribution in [0.5, 0.6) is 0 Å². The maximum atomic E-state index is 12.5. The Balaban J connectivity index is 1.70. The summed E-state index contributed by atoms with van der Waals surface area (Å²) in [6.45, 7) is 6.56. The Morgan fingerprint density at radius 3 is 2.54 bits per heavy atom. The summed E-state index contributed by atoms with van der Waals surface area (Å²) >= 11 is 0. The van der Waals surface area contributed by atoms with Crippen molar-refractivity contribution in [2.45, 2.75) is 33.7 Å². The number of hydrogen-bond acceptors (Lipinski definition) is 5. The first kappa shape index (κ1) is 17.8. The number of esters is 1. The van der Waals surface area contributed by atoms with E-state index in [2.05, 4.69) is 21.5 Å². The van der Waals surface area contributed by atoms with Crippen molar-refractivity contribution >= 4 is 22.8 Å². The van der Waals surface area contributed by atoms with Crippen LogP contribution in [-0.2, 0) is 11.3 Å². The maximum absolute atomic E-state index is 12.5. The van der Waals surface area contributed by atoms with E-state index in [0.717, 1.165) is 24.4 Å². The minimum atomic E-state index is -0.548. The van der Waals surface area contributed by atoms with Gasteiger partial charge in [-0.25, -0.2) is 4.79 Å². The second-order valence-corrected chi connectivity index (χ2v) is 6.20. The SMILES string of the molecule is CCCn1c(C)cc(C(=O)COC(=O)c2ccc3nccnc3c2)c1C. The third kappa shape index (κ3) is 3.49. The van der Waals surface area contributed by atoms with Gasteiger partial charge in [0.1, 0.15) is 0 Å². The van der Waals surface area contributed by atoms with Gasteiger partial charge in [0.15, 0.2) is 6.61 Å². The van der Waals surface area contributed by atoms with E-state index in [1.807, 2.05) is 19.9 Å². The lowest BCUT2D eigenvalue weighted by Crippen LogP contribution is -2.15. The van der Waals surface area contributed by atoms with Crippen LogP contribution >= 0.6 is 0 Å². The standard InChI is InChI=1S/C20H21N3O3/c1-4-9-23-13(2)10-16(14(23)3)19(24)12-26-20(25)15-5-6-17-18(11-15)22-8-7-21-17/h5-8,10-11H,4,9,12H2,1-3H3. The summed E-state index contributed by atoms with van der Waals surface area (Å²) in [5.74, 6) is -0.748. The molecule has 0 aliphatic carbocycles. The number of carbonyl (C=O) groups excluding carboxylic acids is 2. The van der Waals surface area contributed by atoms with Crippen LogP contribution < -0.4 is 0 Å². The van der Waals surface area contributed by atoms with Gasteiger partial charge in [-0.15, -0.1) is 0 Å². The second-order valence-electron chi connectivity index (χ2n) is 6.20. The van der Waals surface area contributed by atoms with Crippen LogP contribution in [0.4, 0.5) is 0 Å². The molecule has 0 atom stereocenters. The molecular weight excluding hydrogens is 330 g/mol. The first-order valence-corrected chi connectivity index (χ1v) is 8.59. The van der Waals surface area contributed by atoms with Crippen molar-refractivity contribution < 1.29 is 14.3 Å². The molecule has 2 aromatic heterocycles. The molecule has 3 rings (SSSR count). The van der Waals surface area contributed by atoms with Crippen LogP contribution in [0.1, 0.15) is 45.4 Å². The fraction of sp³-hybridized carbons (Fsp3) is 0.300. The first-order chi connectivity index (χ1) is 12.5. The molecule has 0 amide bonds. The molecule has 0 saturated heterocycles. The highest BCUT2D eigenvalue weighted by molar-refractivity contribution is 6.01. The zero-order valence-corrected chi connectivity index (χ0v) is 15.2. The third-order valence-electron chi connectivity index (χ3n) is 4.36. The van der Waals surface area contributed by atoms with Gasteiger partial charge in [0, 0.05) is 35.9 Å². The Bertz CT molecular complexity index is 976. The van der Waals surface area contributed by atoms with Gasteiger partial charge in [0.25, 0.3) is 0 Å². The number of carbonyl (C=O) groups is 2. The van der Waals surface area contributed by atoms with Crippen molar-refractivity contribution in [1.29, 1.82) is 0 Å². The summed E-state index contributed by atoms with van der Waals surface area (Å²) < 4.78 is 7.32. The Hall–Kier alpha value is -3.02. The van der Waals surface area contributed by atoms with E-state index < -0.39 is 5.97 Å². The highest BCUT2D eigenvalue weighted by Crippen LogP contribution is 2.17. The zero-order chi connectivity index (χ0) is 18.7. The lowest BCUT2D eigenvalue weighted by Gasteiger charge is -2.08. The minimum Gasteiger partial charge on any atom is -0.454 e. The fourth-order valence-corrected chi connectivity index (χ4v) is 3.03. The molecule has 1 aromatic carbocycles. The average molecular weight is 351 g/mol. The van der Waals surface area contributed by atoms with Gasteiger partial charge in [0.2, 0.25) is 5.78 Å². The number of nitrogens with zero attached hydrogens (tertiary/aromatic N) is 3. The summed E-state index contributed by atoms with van der Waals surface area (Å²) in [4.78, 5) is 33.1. The van der Waals surface area contributed by atoms with Gasteiger partial charge in [-0.1, -0.05) is 6.92 Å². The van der Waals surface area contributed by atoms with Crippen LogP contribution in [0.3, 0.4) is 0 Å². The summed E-state index contributed by atoms with van der Waals surface area (Å²) in [6, 6.07) is 6.80. The summed E-state index contributed by atoms with van der Waals surface area (Å²) in [5.41, 5.74) is 4.20. The number of hydrogen-bond donors (Lipinski definition) is 0. The van der Waals surface area contributed by atoms with E-state index in [4.69, 9.17) is 4.74 Å². The molecule has 3 aromatic rings. The average Bonchev–Trinajstić information content (AvgIpc) is 2.94. The molecule has 6 heteroatoms. The minimum absolute atomic E-state index is 0.200. The maximum Gasteiger partial charge on any atom is 0.338 e. The molecule has 2 heterocycles. The molecule has 0 N–H and O–H groups in total. The molecule has 0 bridgehead atoms. The van der Waals surface area contributed by atoms with Gasteiger partial charge >= 0.3 is 5.97 Å². The van der Waals surface area contributed by atoms with Crippen LogP contribution in [0.15, 0.2) is 36.7 Å². The molecule has 0 fully saturated rings. The van der Waals surface area contributed by atoms with Crippen molar-refractivity contribution in [2.24, 2.45) is 0 Å². The van der Waals surface area contributed by atoms with Crippen molar-refractivity contribution in [3.8, 4) is 0 Å².